The third kappa shape index (κ3) is 4.07. The highest BCUT2D eigenvalue weighted by molar-refractivity contribution is 6.39. The Balaban J connectivity index is 1.58. The van der Waals surface area contributed by atoms with Crippen LogP contribution in [0.4, 0.5) is 0 Å². The van der Waals surface area contributed by atoms with E-state index >= 15 is 0 Å². The molecule has 0 aliphatic carbocycles. The fourth-order valence-electron chi connectivity index (χ4n) is 2.46. The Morgan fingerprint density at radius 3 is 2.79 bits per heavy atom. The number of hydrazone groups is 1. The number of rotatable bonds is 6. The maximum Gasteiger partial charge on any atom is 0.267 e. The first-order chi connectivity index (χ1) is 11.7. The Bertz CT molecular complexity index is 725. The fourth-order valence-corrected chi connectivity index (χ4v) is 2.46. The van der Waals surface area contributed by atoms with Gasteiger partial charge in [-0.05, 0) is 5.56 Å². The van der Waals surface area contributed by atoms with Gasteiger partial charge in [-0.2, -0.15) is 5.10 Å². The van der Waals surface area contributed by atoms with E-state index in [2.05, 4.69) is 15.4 Å². The zero-order valence-corrected chi connectivity index (χ0v) is 13.3. The molecule has 0 fully saturated rings. The molecule has 0 saturated carbocycles. The van der Waals surface area contributed by atoms with Crippen molar-refractivity contribution < 1.29 is 9.59 Å². The van der Waals surface area contributed by atoms with Crippen molar-refractivity contribution in [3.63, 3.8) is 0 Å². The quantitative estimate of drug-likeness (QED) is 0.866. The van der Waals surface area contributed by atoms with Crippen LogP contribution in [0.3, 0.4) is 0 Å². The molecule has 3 rings (SSSR count). The summed E-state index contributed by atoms with van der Waals surface area (Å²) in [4.78, 5) is 28.2. The van der Waals surface area contributed by atoms with Crippen LogP contribution < -0.4 is 5.32 Å². The fraction of sp³-hybridized carbons (Fsp3) is 0.294. The Labute approximate surface area is 140 Å². The van der Waals surface area contributed by atoms with E-state index in [-0.39, 0.29) is 11.8 Å². The number of nitrogens with one attached hydrogen (secondary N) is 1. The second-order valence-electron chi connectivity index (χ2n) is 5.54. The summed E-state index contributed by atoms with van der Waals surface area (Å²) in [7, 11) is 0. The van der Waals surface area contributed by atoms with Crippen LogP contribution in [0.1, 0.15) is 18.4 Å². The topological polar surface area (TPSA) is 79.6 Å². The third-order valence-corrected chi connectivity index (χ3v) is 3.76. The molecule has 2 heterocycles. The number of carbonyl (C=O) groups excluding carboxylic acids is 2. The minimum atomic E-state index is -0.222. The monoisotopic (exact) mass is 325 g/mol. The van der Waals surface area contributed by atoms with Crippen molar-refractivity contribution in [2.24, 2.45) is 5.10 Å². The molecular weight excluding hydrogens is 306 g/mol. The lowest BCUT2D eigenvalue weighted by molar-refractivity contribution is -0.132. The van der Waals surface area contributed by atoms with Crippen molar-refractivity contribution in [1.82, 2.24) is 19.9 Å². The summed E-state index contributed by atoms with van der Waals surface area (Å²) in [6.45, 7) is 1.51. The van der Waals surface area contributed by atoms with Crippen LogP contribution in [-0.4, -0.2) is 38.6 Å². The molecule has 7 nitrogen and oxygen atoms in total. The largest absolute Gasteiger partial charge is 0.349 e. The van der Waals surface area contributed by atoms with E-state index in [4.69, 9.17) is 0 Å². The number of aromatic nitrogens is 2. The molecule has 1 aliphatic rings. The van der Waals surface area contributed by atoms with Gasteiger partial charge in [0.2, 0.25) is 5.91 Å². The van der Waals surface area contributed by atoms with E-state index in [1.165, 1.54) is 5.01 Å². The minimum absolute atomic E-state index is 0.0613. The zero-order valence-electron chi connectivity index (χ0n) is 13.3. The van der Waals surface area contributed by atoms with Crippen LogP contribution in [0.5, 0.6) is 0 Å². The highest BCUT2D eigenvalue weighted by Gasteiger charge is 2.24. The molecule has 1 aromatic carbocycles. The molecular formula is C17H19N5O2. The van der Waals surface area contributed by atoms with Crippen molar-refractivity contribution >= 4 is 17.5 Å². The van der Waals surface area contributed by atoms with Gasteiger partial charge in [-0.15, -0.1) is 0 Å². The summed E-state index contributed by atoms with van der Waals surface area (Å²) in [6.07, 6.45) is 5.91. The number of hydrogen-bond acceptors (Lipinski definition) is 4. The van der Waals surface area contributed by atoms with Gasteiger partial charge in [-0.3, -0.25) is 9.59 Å². The third-order valence-electron chi connectivity index (χ3n) is 3.76. The van der Waals surface area contributed by atoms with E-state index in [9.17, 15) is 9.59 Å². The summed E-state index contributed by atoms with van der Waals surface area (Å²) < 4.78 is 1.88. The zero-order chi connectivity index (χ0) is 16.8. The molecule has 2 amide bonds. The Morgan fingerprint density at radius 2 is 2.04 bits per heavy atom. The Hall–Kier alpha value is -2.96. The second-order valence-corrected chi connectivity index (χ2v) is 5.54. The Morgan fingerprint density at radius 1 is 1.21 bits per heavy atom. The normalized spacial score (nSPS) is 14.4. The number of hydrogen-bond donors (Lipinski definition) is 1. The standard InChI is InChI=1S/C17H19N5O2/c23-16-7-6-15(17(24)19-9-11-21-10-8-18-13-21)20-22(16)12-14-4-2-1-3-5-14/h1-5,8,10,13H,6-7,9,11-12H2,(H,19,24). The molecule has 2 aromatic rings. The average Bonchev–Trinajstić information content (AvgIpc) is 3.11. The van der Waals surface area contributed by atoms with Gasteiger partial charge in [0.1, 0.15) is 5.71 Å². The van der Waals surface area contributed by atoms with Crippen LogP contribution >= 0.6 is 0 Å². The first kappa shape index (κ1) is 15.9. The van der Waals surface area contributed by atoms with Gasteiger partial charge < -0.3 is 9.88 Å². The van der Waals surface area contributed by atoms with E-state index in [0.717, 1.165) is 5.56 Å². The maximum absolute atomic E-state index is 12.2. The molecule has 0 unspecified atom stereocenters. The predicted octanol–water partition coefficient (Wildman–Crippen LogP) is 1.18. The molecule has 1 N–H and O–H groups in total. The first-order valence-corrected chi connectivity index (χ1v) is 7.88. The highest BCUT2D eigenvalue weighted by atomic mass is 16.2. The lowest BCUT2D eigenvalue weighted by Crippen LogP contribution is -2.39. The van der Waals surface area contributed by atoms with Gasteiger partial charge in [0.05, 0.1) is 12.9 Å². The van der Waals surface area contributed by atoms with Crippen LogP contribution in [0.25, 0.3) is 0 Å². The van der Waals surface area contributed by atoms with Crippen molar-refractivity contribution in [3.05, 3.63) is 54.6 Å². The molecule has 1 aromatic heterocycles. The van der Waals surface area contributed by atoms with Crippen LogP contribution in [-0.2, 0) is 22.7 Å². The lowest BCUT2D eigenvalue weighted by atomic mass is 10.1. The van der Waals surface area contributed by atoms with E-state index in [1.807, 2.05) is 41.1 Å². The molecule has 7 heteroatoms. The van der Waals surface area contributed by atoms with Crippen molar-refractivity contribution in [2.75, 3.05) is 6.54 Å². The number of imidazole rings is 1. The van der Waals surface area contributed by atoms with Crippen molar-refractivity contribution in [3.8, 4) is 0 Å². The van der Waals surface area contributed by atoms with Crippen LogP contribution in [0, 0.1) is 0 Å². The molecule has 124 valence electrons. The van der Waals surface area contributed by atoms with E-state index in [0.29, 0.717) is 38.2 Å². The lowest BCUT2D eigenvalue weighted by Gasteiger charge is -2.23. The van der Waals surface area contributed by atoms with Gasteiger partial charge in [0.15, 0.2) is 0 Å². The number of amides is 2. The van der Waals surface area contributed by atoms with E-state index in [1.54, 1.807) is 12.5 Å². The molecule has 0 bridgehead atoms. The summed E-state index contributed by atoms with van der Waals surface area (Å²) in [5, 5.41) is 8.46. The summed E-state index contributed by atoms with van der Waals surface area (Å²) in [5.74, 6) is -0.283. The number of carbonyl (C=O) groups is 2. The van der Waals surface area contributed by atoms with Gasteiger partial charge >= 0.3 is 0 Å². The van der Waals surface area contributed by atoms with Crippen molar-refractivity contribution in [1.29, 1.82) is 0 Å². The number of benzene rings is 1. The SMILES string of the molecule is O=C(NCCn1ccnc1)C1=NN(Cc2ccccc2)C(=O)CC1. The minimum Gasteiger partial charge on any atom is -0.349 e. The summed E-state index contributed by atoms with van der Waals surface area (Å²) >= 11 is 0. The molecule has 0 radical (unpaired) electrons. The predicted molar refractivity (Wildman–Crippen MR) is 88.9 cm³/mol. The smallest absolute Gasteiger partial charge is 0.267 e. The average molecular weight is 325 g/mol. The van der Waals surface area contributed by atoms with Crippen LogP contribution in [0.15, 0.2) is 54.2 Å². The van der Waals surface area contributed by atoms with Gasteiger partial charge in [0, 0.05) is 38.3 Å². The van der Waals surface area contributed by atoms with Crippen molar-refractivity contribution in [2.45, 2.75) is 25.9 Å². The maximum atomic E-state index is 12.2. The molecule has 0 spiro atoms. The molecule has 0 saturated heterocycles. The second kappa shape index (κ2) is 7.54. The van der Waals surface area contributed by atoms with Crippen LogP contribution in [0.2, 0.25) is 0 Å². The summed E-state index contributed by atoms with van der Waals surface area (Å²) in [6, 6.07) is 9.61. The van der Waals surface area contributed by atoms with Gasteiger partial charge in [-0.25, -0.2) is 9.99 Å². The molecule has 0 atom stereocenters. The molecule has 24 heavy (non-hydrogen) atoms. The van der Waals surface area contributed by atoms with Gasteiger partial charge in [-0.1, -0.05) is 30.3 Å². The molecule has 1 aliphatic heterocycles. The first-order valence-electron chi connectivity index (χ1n) is 7.88. The summed E-state index contributed by atoms with van der Waals surface area (Å²) in [5.41, 5.74) is 1.38. The Kier molecular flexibility index (Phi) is 5.00. The highest BCUT2D eigenvalue weighted by Crippen LogP contribution is 2.13. The number of nitrogens with zero attached hydrogens (tertiary/aromatic N) is 4. The van der Waals surface area contributed by atoms with Gasteiger partial charge in [0.25, 0.3) is 5.91 Å². The van der Waals surface area contributed by atoms with E-state index < -0.39 is 0 Å².